The van der Waals surface area contributed by atoms with Crippen LogP contribution in [0.25, 0.3) is 16.3 Å². The standard InChI is InChI=1S/C29H34Cl2N6O3S2/c1-35(2)42(39,40)32-19-23-27(29(38)34-36-16-6-3-7-17-36)33-37(25-14-11-21(30)18-24(25)31)28(23)26-15-13-22(41-26)12-10-20-8-4-5-9-20/h11,13-15,18,20,32H,3-9,16-17,19H2,1-2H3,(H,34,38). The van der Waals surface area contributed by atoms with Crippen LogP contribution in [0.1, 0.15) is 65.9 Å². The quantitative estimate of drug-likeness (QED) is 0.315. The zero-order valence-corrected chi connectivity index (χ0v) is 26.8. The number of halogens is 2. The summed E-state index contributed by atoms with van der Waals surface area (Å²) < 4.78 is 30.8. The van der Waals surface area contributed by atoms with E-state index in [0.29, 0.717) is 32.9 Å². The smallest absolute Gasteiger partial charge is 0.283 e. The number of aromatic nitrogens is 2. The van der Waals surface area contributed by atoms with Crippen molar-refractivity contribution in [2.45, 2.75) is 51.5 Å². The molecule has 0 bridgehead atoms. The number of hydrogen-bond donors (Lipinski definition) is 2. The average molecular weight is 650 g/mol. The molecular formula is C29H34Cl2N6O3S2. The van der Waals surface area contributed by atoms with Gasteiger partial charge in [0.25, 0.3) is 16.1 Å². The predicted octanol–water partition coefficient (Wildman–Crippen LogP) is 5.48. The van der Waals surface area contributed by atoms with Gasteiger partial charge in [-0.2, -0.15) is 22.5 Å². The van der Waals surface area contributed by atoms with Gasteiger partial charge in [-0.1, -0.05) is 54.3 Å². The fourth-order valence-electron chi connectivity index (χ4n) is 5.15. The van der Waals surface area contributed by atoms with Crippen LogP contribution in [-0.4, -0.2) is 60.6 Å². The molecular weight excluding hydrogens is 615 g/mol. The fraction of sp³-hybridized carbons (Fsp3) is 0.448. The lowest BCUT2D eigenvalue weighted by Crippen LogP contribution is -2.45. The van der Waals surface area contributed by atoms with Gasteiger partial charge in [-0.15, -0.1) is 11.3 Å². The second-order valence-corrected chi connectivity index (χ2v) is 14.6. The van der Waals surface area contributed by atoms with Crippen LogP contribution in [0, 0.1) is 17.8 Å². The van der Waals surface area contributed by atoms with Gasteiger partial charge in [0.2, 0.25) is 0 Å². The van der Waals surface area contributed by atoms with E-state index in [1.165, 1.54) is 38.3 Å². The van der Waals surface area contributed by atoms with Gasteiger partial charge >= 0.3 is 0 Å². The number of nitrogens with one attached hydrogen (secondary N) is 2. The largest absolute Gasteiger partial charge is 0.286 e. The lowest BCUT2D eigenvalue weighted by Gasteiger charge is -2.26. The molecule has 0 radical (unpaired) electrons. The number of amides is 1. The number of hydrogen-bond acceptors (Lipinski definition) is 6. The fourth-order valence-corrected chi connectivity index (χ4v) is 7.15. The molecule has 42 heavy (non-hydrogen) atoms. The van der Waals surface area contributed by atoms with Crippen molar-refractivity contribution in [3.05, 3.63) is 56.5 Å². The number of rotatable bonds is 8. The minimum absolute atomic E-state index is 0.107. The average Bonchev–Trinajstić information content (AvgIpc) is 3.71. The highest BCUT2D eigenvalue weighted by Gasteiger charge is 2.29. The number of piperidine rings is 1. The van der Waals surface area contributed by atoms with E-state index in [-0.39, 0.29) is 12.2 Å². The van der Waals surface area contributed by atoms with Crippen LogP contribution in [0.4, 0.5) is 0 Å². The zero-order chi connectivity index (χ0) is 29.9. The van der Waals surface area contributed by atoms with Gasteiger partial charge in [0.05, 0.1) is 26.2 Å². The molecule has 5 rings (SSSR count). The highest BCUT2D eigenvalue weighted by molar-refractivity contribution is 7.87. The molecule has 1 aromatic carbocycles. The molecule has 2 fully saturated rings. The normalized spacial score (nSPS) is 16.5. The van der Waals surface area contributed by atoms with E-state index in [4.69, 9.17) is 28.3 Å². The van der Waals surface area contributed by atoms with Crippen molar-refractivity contribution in [3.63, 3.8) is 0 Å². The van der Waals surface area contributed by atoms with Crippen LogP contribution in [0.15, 0.2) is 30.3 Å². The first-order chi connectivity index (χ1) is 20.1. The first-order valence-electron chi connectivity index (χ1n) is 14.0. The van der Waals surface area contributed by atoms with Crippen molar-refractivity contribution in [2.75, 3.05) is 27.2 Å². The summed E-state index contributed by atoms with van der Waals surface area (Å²) in [7, 11) is -0.919. The van der Waals surface area contributed by atoms with Crippen molar-refractivity contribution in [1.82, 2.24) is 29.2 Å². The molecule has 13 heteroatoms. The number of thiophene rings is 1. The monoisotopic (exact) mass is 648 g/mol. The summed E-state index contributed by atoms with van der Waals surface area (Å²) in [5, 5.41) is 7.43. The molecule has 2 N–H and O–H groups in total. The number of benzene rings is 1. The summed E-state index contributed by atoms with van der Waals surface area (Å²) in [6.07, 6.45) is 7.75. The molecule has 0 atom stereocenters. The van der Waals surface area contributed by atoms with Crippen LogP contribution in [-0.2, 0) is 16.8 Å². The molecule has 2 aromatic heterocycles. The number of carbonyl (C=O) groups excluding carboxylic acids is 1. The molecule has 3 heterocycles. The maximum atomic E-state index is 13.7. The minimum Gasteiger partial charge on any atom is -0.283 e. The SMILES string of the molecule is CN(C)S(=O)(=O)NCc1c(C(=O)NN2CCCCC2)nn(-c2ccc(Cl)cc2Cl)c1-c1ccc(C#CC2CCCC2)s1. The van der Waals surface area contributed by atoms with Crippen LogP contribution >= 0.6 is 34.5 Å². The maximum Gasteiger partial charge on any atom is 0.286 e. The van der Waals surface area contributed by atoms with Crippen molar-refractivity contribution in [2.24, 2.45) is 5.92 Å². The van der Waals surface area contributed by atoms with Gasteiger partial charge in [0.15, 0.2) is 5.69 Å². The molecule has 1 saturated carbocycles. The predicted molar refractivity (Wildman–Crippen MR) is 168 cm³/mol. The van der Waals surface area contributed by atoms with Crippen molar-refractivity contribution < 1.29 is 13.2 Å². The third-order valence-corrected chi connectivity index (χ3v) is 10.5. The third kappa shape index (κ3) is 7.19. The van der Waals surface area contributed by atoms with Crippen LogP contribution in [0.3, 0.4) is 0 Å². The van der Waals surface area contributed by atoms with E-state index in [1.807, 2.05) is 17.1 Å². The Morgan fingerprint density at radius 2 is 1.83 bits per heavy atom. The summed E-state index contributed by atoms with van der Waals surface area (Å²) in [5.41, 5.74) is 4.58. The molecule has 9 nitrogen and oxygen atoms in total. The Labute approximate surface area is 261 Å². The first kappa shape index (κ1) is 31.0. The zero-order valence-electron chi connectivity index (χ0n) is 23.6. The van der Waals surface area contributed by atoms with Gasteiger partial charge in [-0.3, -0.25) is 10.2 Å². The Bertz CT molecular complexity index is 1610. The Morgan fingerprint density at radius 1 is 1.10 bits per heavy atom. The van der Waals surface area contributed by atoms with Gasteiger partial charge < -0.3 is 0 Å². The molecule has 224 valence electrons. The topological polar surface area (TPSA) is 99.6 Å². The number of nitrogens with zero attached hydrogens (tertiary/aromatic N) is 4. The molecule has 1 amide bonds. The van der Waals surface area contributed by atoms with E-state index < -0.39 is 16.1 Å². The Balaban J connectivity index is 1.63. The van der Waals surface area contributed by atoms with Crippen LogP contribution in [0.5, 0.6) is 0 Å². The molecule has 0 unspecified atom stereocenters. The molecule has 2 aliphatic rings. The molecule has 1 aliphatic heterocycles. The molecule has 3 aromatic rings. The van der Waals surface area contributed by atoms with E-state index >= 15 is 0 Å². The second-order valence-electron chi connectivity index (χ2n) is 10.7. The van der Waals surface area contributed by atoms with E-state index in [0.717, 1.165) is 59.3 Å². The summed E-state index contributed by atoms with van der Waals surface area (Å²) in [6, 6.07) is 8.92. The lowest BCUT2D eigenvalue weighted by atomic mass is 10.1. The van der Waals surface area contributed by atoms with Gasteiger partial charge in [0, 0.05) is 50.2 Å². The van der Waals surface area contributed by atoms with Gasteiger partial charge in [-0.25, -0.2) is 9.69 Å². The molecule has 1 saturated heterocycles. The third-order valence-electron chi connectivity index (χ3n) is 7.46. The lowest BCUT2D eigenvalue weighted by molar-refractivity contribution is 0.0743. The summed E-state index contributed by atoms with van der Waals surface area (Å²) in [4.78, 5) is 15.4. The summed E-state index contributed by atoms with van der Waals surface area (Å²) in [6.45, 7) is 1.31. The van der Waals surface area contributed by atoms with Gasteiger partial charge in [0.1, 0.15) is 0 Å². The van der Waals surface area contributed by atoms with E-state index in [2.05, 4.69) is 22.0 Å². The maximum absolute atomic E-state index is 13.7. The Hall–Kier alpha value is -2.43. The first-order valence-corrected chi connectivity index (χ1v) is 17.1. The number of hydrazine groups is 1. The number of carbonyl (C=O) groups is 1. The van der Waals surface area contributed by atoms with E-state index in [9.17, 15) is 13.2 Å². The van der Waals surface area contributed by atoms with Crippen molar-refractivity contribution >= 4 is 50.7 Å². The summed E-state index contributed by atoms with van der Waals surface area (Å²) in [5.74, 6) is 6.72. The van der Waals surface area contributed by atoms with Gasteiger partial charge in [-0.05, 0) is 56.0 Å². The summed E-state index contributed by atoms with van der Waals surface area (Å²) >= 11 is 14.3. The Kier molecular flexibility index (Phi) is 9.95. The second kappa shape index (κ2) is 13.5. The Morgan fingerprint density at radius 3 is 2.52 bits per heavy atom. The molecule has 0 spiro atoms. The highest BCUT2D eigenvalue weighted by atomic mass is 35.5. The van der Waals surface area contributed by atoms with Crippen LogP contribution < -0.4 is 10.1 Å². The molecule has 1 aliphatic carbocycles. The van der Waals surface area contributed by atoms with E-state index in [1.54, 1.807) is 22.9 Å². The van der Waals surface area contributed by atoms with Crippen LogP contribution in [0.2, 0.25) is 10.0 Å². The highest BCUT2D eigenvalue weighted by Crippen LogP contribution is 2.37. The minimum atomic E-state index is -3.81. The van der Waals surface area contributed by atoms with Crippen molar-refractivity contribution in [1.29, 1.82) is 0 Å². The van der Waals surface area contributed by atoms with Crippen molar-refractivity contribution in [3.8, 4) is 28.1 Å².